The number of aryl methyl sites for hydroxylation is 2. The molecular weight excluding hydrogens is 345 g/mol. The maximum atomic E-state index is 13.9. The minimum Gasteiger partial charge on any atom is -0.338 e. The van der Waals surface area contributed by atoms with Crippen molar-refractivity contribution in [2.24, 2.45) is 7.05 Å². The maximum absolute atomic E-state index is 13.9. The molecule has 27 heavy (non-hydrogen) atoms. The smallest absolute Gasteiger partial charge is 0.274 e. The zero-order chi connectivity index (χ0) is 19.1. The number of rotatable bonds is 3. The number of halogens is 1. The molecular formula is C21H20FN3O2. The number of benzene rings is 2. The Morgan fingerprint density at radius 1 is 1.19 bits per heavy atom. The lowest BCUT2D eigenvalue weighted by Crippen LogP contribution is -2.27. The number of aromatic nitrogens is 1. The summed E-state index contributed by atoms with van der Waals surface area (Å²) in [7, 11) is 1.76. The van der Waals surface area contributed by atoms with Gasteiger partial charge in [0.1, 0.15) is 11.5 Å². The first-order valence-electron chi connectivity index (χ1n) is 8.92. The molecule has 6 heteroatoms. The highest BCUT2D eigenvalue weighted by Crippen LogP contribution is 2.36. The molecule has 1 aliphatic heterocycles. The monoisotopic (exact) mass is 365 g/mol. The highest BCUT2D eigenvalue weighted by molar-refractivity contribution is 6.17. The van der Waals surface area contributed by atoms with Crippen LogP contribution in [0.4, 0.5) is 15.8 Å². The van der Waals surface area contributed by atoms with E-state index in [2.05, 4.69) is 5.32 Å². The number of nitrogens with zero attached hydrogens (tertiary/aromatic N) is 2. The molecule has 0 unspecified atom stereocenters. The van der Waals surface area contributed by atoms with Crippen molar-refractivity contribution in [3.05, 3.63) is 59.5 Å². The Balaban J connectivity index is 1.88. The predicted octanol–water partition coefficient (Wildman–Crippen LogP) is 4.00. The first-order valence-corrected chi connectivity index (χ1v) is 8.92. The lowest BCUT2D eigenvalue weighted by atomic mass is 10.1. The minimum atomic E-state index is -0.396. The zero-order valence-corrected chi connectivity index (χ0v) is 15.3. The fourth-order valence-corrected chi connectivity index (χ4v) is 3.71. The summed E-state index contributed by atoms with van der Waals surface area (Å²) >= 11 is 0. The molecule has 1 aliphatic rings. The fraction of sp³-hybridized carbons (Fsp3) is 0.238. The van der Waals surface area contributed by atoms with Gasteiger partial charge in [-0.2, -0.15) is 0 Å². The van der Waals surface area contributed by atoms with Gasteiger partial charge in [-0.25, -0.2) is 4.39 Å². The first-order chi connectivity index (χ1) is 13.0. The molecule has 1 saturated heterocycles. The third kappa shape index (κ3) is 2.87. The molecule has 0 radical (unpaired) electrons. The van der Waals surface area contributed by atoms with Crippen LogP contribution >= 0.6 is 0 Å². The Labute approximate surface area is 156 Å². The Morgan fingerprint density at radius 3 is 2.67 bits per heavy atom. The SMILES string of the molecule is Cc1ccccc1NC(=O)c1c(N2CCCC2=O)c2cc(F)ccc2n1C. The van der Waals surface area contributed by atoms with Gasteiger partial charge in [0.25, 0.3) is 5.91 Å². The van der Waals surface area contributed by atoms with Crippen LogP contribution in [0.15, 0.2) is 42.5 Å². The number of anilines is 2. The second kappa shape index (κ2) is 6.54. The Bertz CT molecular complexity index is 1070. The summed E-state index contributed by atoms with van der Waals surface area (Å²) in [6, 6.07) is 11.9. The summed E-state index contributed by atoms with van der Waals surface area (Å²) in [6.07, 6.45) is 1.16. The van der Waals surface area contributed by atoms with E-state index in [0.717, 1.165) is 12.0 Å². The molecule has 1 fully saturated rings. The summed E-state index contributed by atoms with van der Waals surface area (Å²) in [6.45, 7) is 2.44. The van der Waals surface area contributed by atoms with E-state index < -0.39 is 5.82 Å². The molecule has 5 nitrogen and oxygen atoms in total. The van der Waals surface area contributed by atoms with Crippen molar-refractivity contribution < 1.29 is 14.0 Å². The third-order valence-corrected chi connectivity index (χ3v) is 5.09. The standard InChI is InChI=1S/C21H20FN3O2/c1-13-6-3-4-7-16(13)23-21(27)20-19(25-11-5-8-18(25)26)15-12-14(22)9-10-17(15)24(20)2/h3-4,6-7,9-10,12H,5,8,11H2,1-2H3,(H,23,27). The van der Waals surface area contributed by atoms with Gasteiger partial charge in [0.05, 0.1) is 11.2 Å². The van der Waals surface area contributed by atoms with Crippen LogP contribution in [0.25, 0.3) is 10.9 Å². The predicted molar refractivity (Wildman–Crippen MR) is 104 cm³/mol. The van der Waals surface area contributed by atoms with E-state index in [-0.39, 0.29) is 11.8 Å². The van der Waals surface area contributed by atoms with Crippen molar-refractivity contribution in [1.29, 1.82) is 0 Å². The van der Waals surface area contributed by atoms with Gasteiger partial charge in [0.15, 0.2) is 0 Å². The van der Waals surface area contributed by atoms with Crippen LogP contribution in [0, 0.1) is 12.7 Å². The highest BCUT2D eigenvalue weighted by Gasteiger charge is 2.31. The Kier molecular flexibility index (Phi) is 4.18. The number of nitrogens with one attached hydrogen (secondary N) is 1. The van der Waals surface area contributed by atoms with Crippen molar-refractivity contribution in [3.63, 3.8) is 0 Å². The Hall–Kier alpha value is -3.15. The summed E-state index contributed by atoms with van der Waals surface area (Å²) in [5, 5.41) is 3.50. The number of fused-ring (bicyclic) bond motifs is 1. The van der Waals surface area contributed by atoms with Gasteiger partial charge in [0.2, 0.25) is 5.91 Å². The van der Waals surface area contributed by atoms with Crippen LogP contribution in [0.1, 0.15) is 28.9 Å². The van der Waals surface area contributed by atoms with Crippen molar-refractivity contribution >= 4 is 34.1 Å². The lowest BCUT2D eigenvalue weighted by molar-refractivity contribution is -0.117. The van der Waals surface area contributed by atoms with E-state index in [1.807, 2.05) is 31.2 Å². The molecule has 3 aromatic rings. The van der Waals surface area contributed by atoms with Gasteiger partial charge >= 0.3 is 0 Å². The number of carbonyl (C=O) groups is 2. The molecule has 4 rings (SSSR count). The lowest BCUT2D eigenvalue weighted by Gasteiger charge is -2.18. The van der Waals surface area contributed by atoms with E-state index in [1.165, 1.54) is 12.1 Å². The fourth-order valence-electron chi connectivity index (χ4n) is 3.71. The van der Waals surface area contributed by atoms with Crippen LogP contribution in [0.5, 0.6) is 0 Å². The summed E-state index contributed by atoms with van der Waals surface area (Å²) in [4.78, 5) is 27.2. The van der Waals surface area contributed by atoms with E-state index in [9.17, 15) is 14.0 Å². The van der Waals surface area contributed by atoms with Crippen molar-refractivity contribution in [1.82, 2.24) is 4.57 Å². The number of hydrogen-bond donors (Lipinski definition) is 1. The number of hydrogen-bond acceptors (Lipinski definition) is 2. The van der Waals surface area contributed by atoms with Gasteiger partial charge < -0.3 is 14.8 Å². The minimum absolute atomic E-state index is 0.0447. The van der Waals surface area contributed by atoms with Crippen LogP contribution in [-0.2, 0) is 11.8 Å². The van der Waals surface area contributed by atoms with Crippen molar-refractivity contribution in [2.45, 2.75) is 19.8 Å². The number of amides is 2. The molecule has 2 aromatic carbocycles. The quantitative estimate of drug-likeness (QED) is 0.763. The van der Waals surface area contributed by atoms with E-state index >= 15 is 0 Å². The summed E-state index contributed by atoms with van der Waals surface area (Å²) < 4.78 is 15.7. The normalized spacial score (nSPS) is 14.2. The van der Waals surface area contributed by atoms with Gasteiger partial charge in [-0.1, -0.05) is 18.2 Å². The van der Waals surface area contributed by atoms with Gasteiger partial charge in [-0.05, 0) is 43.2 Å². The number of carbonyl (C=O) groups excluding carboxylic acids is 2. The van der Waals surface area contributed by atoms with Crippen LogP contribution in [-0.4, -0.2) is 22.9 Å². The largest absolute Gasteiger partial charge is 0.338 e. The van der Waals surface area contributed by atoms with Gasteiger partial charge in [-0.15, -0.1) is 0 Å². The van der Waals surface area contributed by atoms with E-state index in [0.29, 0.717) is 40.9 Å². The summed E-state index contributed by atoms with van der Waals surface area (Å²) in [5.41, 5.74) is 3.20. The van der Waals surface area contributed by atoms with Gasteiger partial charge in [-0.3, -0.25) is 9.59 Å². The average Bonchev–Trinajstić information content (AvgIpc) is 3.17. The second-order valence-electron chi connectivity index (χ2n) is 6.84. The molecule has 0 atom stereocenters. The molecule has 1 N–H and O–H groups in total. The molecule has 2 amide bonds. The topological polar surface area (TPSA) is 54.3 Å². The molecule has 0 spiro atoms. The summed E-state index contributed by atoms with van der Waals surface area (Å²) in [5.74, 6) is -0.762. The van der Waals surface area contributed by atoms with Crippen LogP contribution < -0.4 is 10.2 Å². The van der Waals surface area contributed by atoms with E-state index in [1.54, 1.807) is 22.6 Å². The molecule has 0 aliphatic carbocycles. The average molecular weight is 365 g/mol. The van der Waals surface area contributed by atoms with Crippen molar-refractivity contribution in [3.8, 4) is 0 Å². The van der Waals surface area contributed by atoms with Crippen LogP contribution in [0.3, 0.4) is 0 Å². The Morgan fingerprint density at radius 2 is 1.96 bits per heavy atom. The second-order valence-corrected chi connectivity index (χ2v) is 6.84. The number of para-hydroxylation sites is 1. The third-order valence-electron chi connectivity index (χ3n) is 5.09. The maximum Gasteiger partial charge on any atom is 0.274 e. The van der Waals surface area contributed by atoms with Crippen molar-refractivity contribution in [2.75, 3.05) is 16.8 Å². The van der Waals surface area contributed by atoms with Crippen LogP contribution in [0.2, 0.25) is 0 Å². The molecule has 0 bridgehead atoms. The molecule has 2 heterocycles. The highest BCUT2D eigenvalue weighted by atomic mass is 19.1. The first kappa shape index (κ1) is 17.3. The molecule has 0 saturated carbocycles. The molecule has 1 aromatic heterocycles. The van der Waals surface area contributed by atoms with Gasteiger partial charge in [0, 0.05) is 31.1 Å². The zero-order valence-electron chi connectivity index (χ0n) is 15.3. The van der Waals surface area contributed by atoms with E-state index in [4.69, 9.17) is 0 Å². The molecule has 138 valence electrons.